The number of benzene rings is 2. The van der Waals surface area contributed by atoms with E-state index in [0.717, 1.165) is 10.5 Å². The Morgan fingerprint density at radius 2 is 1.48 bits per heavy atom. The van der Waals surface area contributed by atoms with Crippen molar-refractivity contribution in [2.24, 2.45) is 34.5 Å². The van der Waals surface area contributed by atoms with Crippen LogP contribution in [0.4, 0.5) is 15.3 Å². The molecule has 0 aromatic heterocycles. The van der Waals surface area contributed by atoms with Crippen LogP contribution in [0.3, 0.4) is 0 Å². The summed E-state index contributed by atoms with van der Waals surface area (Å²) in [6, 6.07) is 9.47. The number of carbonyl (C=O) groups is 11. The molecule has 12 amide bonds. The predicted molar refractivity (Wildman–Crippen MR) is 351 cm³/mol. The number of anilines is 1. The fraction of sp³-hybridized carbons (Fsp3) is 0.621. The van der Waals surface area contributed by atoms with Crippen LogP contribution in [0.15, 0.2) is 66.7 Å². The minimum Gasteiger partial charge on any atom is -0.445 e. The van der Waals surface area contributed by atoms with Crippen molar-refractivity contribution in [2.75, 3.05) is 58.5 Å². The number of sulfonamides is 1. The average Bonchev–Trinajstić information content (AvgIpc) is 1.64. The van der Waals surface area contributed by atoms with E-state index in [1.165, 1.54) is 31.3 Å². The molecule has 524 valence electrons. The van der Waals surface area contributed by atoms with Crippen molar-refractivity contribution in [3.63, 3.8) is 0 Å². The summed E-state index contributed by atoms with van der Waals surface area (Å²) in [6.45, 7) is 9.37. The molecule has 1 aliphatic carbocycles. The molecule has 2 saturated heterocycles. The molecule has 10 N–H and O–H groups in total. The summed E-state index contributed by atoms with van der Waals surface area (Å²) in [5.74, 6) is -6.12. The zero-order valence-electron chi connectivity index (χ0n) is 55.9. The van der Waals surface area contributed by atoms with Crippen LogP contribution in [0.25, 0.3) is 0 Å². The van der Waals surface area contributed by atoms with Gasteiger partial charge in [0.15, 0.2) is 0 Å². The maximum Gasteiger partial charge on any atom is 0.411 e. The van der Waals surface area contributed by atoms with E-state index in [1.54, 1.807) is 48.0 Å². The molecule has 28 nitrogen and oxygen atoms in total. The van der Waals surface area contributed by atoms with Crippen LogP contribution in [-0.4, -0.2) is 201 Å². The summed E-state index contributed by atoms with van der Waals surface area (Å²) in [6.07, 6.45) is 5.88. The third-order valence-electron chi connectivity index (χ3n) is 18.5. The van der Waals surface area contributed by atoms with Crippen LogP contribution < -0.4 is 42.8 Å². The molecule has 12 atom stereocenters. The van der Waals surface area contributed by atoms with Crippen LogP contribution in [0.2, 0.25) is 0 Å². The van der Waals surface area contributed by atoms with E-state index < -0.39 is 130 Å². The average molecular weight is 1350 g/mol. The molecular formula is C66H98N12O16S. The van der Waals surface area contributed by atoms with Gasteiger partial charge in [0.25, 0.3) is 11.8 Å². The molecular weight excluding hydrogens is 1250 g/mol. The van der Waals surface area contributed by atoms with E-state index in [2.05, 4.69) is 31.9 Å². The third kappa shape index (κ3) is 22.0. The Balaban J connectivity index is 1.03. The number of rotatable bonds is 37. The second-order valence-electron chi connectivity index (χ2n) is 25.7. The number of imide groups is 1. The maximum absolute atomic E-state index is 14.9. The molecule has 0 unspecified atom stereocenters. The molecule has 2 aromatic rings. The van der Waals surface area contributed by atoms with Crippen LogP contribution in [0.1, 0.15) is 129 Å². The number of nitrogens with one attached hydrogen (secondary N) is 6. The molecule has 29 heteroatoms. The molecule has 3 aliphatic heterocycles. The van der Waals surface area contributed by atoms with Gasteiger partial charge in [-0.25, -0.2) is 23.1 Å². The van der Waals surface area contributed by atoms with Crippen LogP contribution >= 0.6 is 0 Å². The van der Waals surface area contributed by atoms with Crippen molar-refractivity contribution in [1.82, 2.24) is 46.2 Å². The zero-order chi connectivity index (χ0) is 69.7. The number of hydrogen-bond donors (Lipinski definition) is 8. The first-order chi connectivity index (χ1) is 45.1. The van der Waals surface area contributed by atoms with Gasteiger partial charge >= 0.3 is 12.1 Å². The number of amides is 12. The Morgan fingerprint density at radius 3 is 2.12 bits per heavy atom. The quantitative estimate of drug-likeness (QED) is 0.0356. The molecule has 2 aromatic carbocycles. The highest BCUT2D eigenvalue weighted by Crippen LogP contribution is 2.43. The van der Waals surface area contributed by atoms with Gasteiger partial charge in [0.2, 0.25) is 51.4 Å². The van der Waals surface area contributed by atoms with E-state index in [4.69, 9.17) is 25.1 Å². The largest absolute Gasteiger partial charge is 0.445 e. The van der Waals surface area contributed by atoms with Gasteiger partial charge in [-0.1, -0.05) is 89.9 Å². The highest BCUT2D eigenvalue weighted by Gasteiger charge is 2.53. The number of urea groups is 1. The van der Waals surface area contributed by atoms with Crippen LogP contribution in [-0.2, 0) is 80.4 Å². The summed E-state index contributed by atoms with van der Waals surface area (Å²) >= 11 is 0. The summed E-state index contributed by atoms with van der Waals surface area (Å²) in [5, 5.41) is 21.7. The van der Waals surface area contributed by atoms with E-state index in [1.807, 2.05) is 58.0 Å². The van der Waals surface area contributed by atoms with E-state index >= 15 is 0 Å². The molecule has 6 rings (SSSR count). The van der Waals surface area contributed by atoms with E-state index in [-0.39, 0.29) is 87.4 Å². The molecule has 3 fully saturated rings. The van der Waals surface area contributed by atoms with Crippen molar-refractivity contribution < 1.29 is 75.4 Å². The van der Waals surface area contributed by atoms with Crippen molar-refractivity contribution in [1.29, 1.82) is 0 Å². The first-order valence-electron chi connectivity index (χ1n) is 32.9. The molecule has 3 heterocycles. The number of unbranched alkanes of at least 4 members (excludes halogenated alkanes) is 2. The fourth-order valence-corrected chi connectivity index (χ4v) is 14.1. The monoisotopic (exact) mass is 1350 g/mol. The maximum atomic E-state index is 14.9. The van der Waals surface area contributed by atoms with Crippen LogP contribution in [0, 0.1) is 23.7 Å². The highest BCUT2D eigenvalue weighted by atomic mass is 32.2. The predicted octanol–water partition coefficient (Wildman–Crippen LogP) is 2.73. The SMILES string of the molecule is CC[C@H](C)[C@@H]([C@@H](CC(=O)N1CCC[C@H]1[C@H](OC)[C@@H](C)C(=O)N[C@@H](Cc1ccccc1)CS(N)(=O)=O)OC)N(C)C(=O)[C@@H](NC(=O)[C@@H]1[C@H]2CC[C@H](C2)N1C(=O)OCc1ccc(NC(=O)[C@H](CCCNC(N)=O)NC(=O)CNC(=O)CCCCCN2C(=O)C=CC2=O)cc1)C(C)C. The first-order valence-corrected chi connectivity index (χ1v) is 34.6. The summed E-state index contributed by atoms with van der Waals surface area (Å²) in [5.41, 5.74) is 6.91. The van der Waals surface area contributed by atoms with Gasteiger partial charge in [-0.15, -0.1) is 0 Å². The van der Waals surface area contributed by atoms with Crippen molar-refractivity contribution in [3.05, 3.63) is 77.9 Å². The summed E-state index contributed by atoms with van der Waals surface area (Å²) in [4.78, 5) is 152. The highest BCUT2D eigenvalue weighted by molar-refractivity contribution is 7.89. The molecule has 95 heavy (non-hydrogen) atoms. The topological polar surface area (TPSA) is 387 Å². The van der Waals surface area contributed by atoms with Gasteiger partial charge in [0.05, 0.1) is 48.9 Å². The van der Waals surface area contributed by atoms with Gasteiger partial charge in [0, 0.05) is 77.2 Å². The molecule has 0 radical (unpaired) electrons. The number of piperidine rings is 1. The van der Waals surface area contributed by atoms with Gasteiger partial charge in [0.1, 0.15) is 24.7 Å². The minimum atomic E-state index is -3.97. The van der Waals surface area contributed by atoms with Crippen molar-refractivity contribution in [3.8, 4) is 0 Å². The second-order valence-corrected chi connectivity index (χ2v) is 27.3. The Hall–Kier alpha value is -8.02. The smallest absolute Gasteiger partial charge is 0.411 e. The number of hydrogen-bond acceptors (Lipinski definition) is 16. The van der Waals surface area contributed by atoms with Gasteiger partial charge < -0.3 is 61.6 Å². The number of ether oxygens (including phenoxy) is 3. The Bertz CT molecular complexity index is 3140. The van der Waals surface area contributed by atoms with Crippen LogP contribution in [0.5, 0.6) is 0 Å². The molecule has 1 saturated carbocycles. The van der Waals surface area contributed by atoms with E-state index in [0.29, 0.717) is 75.6 Å². The second kappa shape index (κ2) is 36.2. The normalized spacial score (nSPS) is 20.0. The lowest BCUT2D eigenvalue weighted by molar-refractivity contribution is -0.148. The Kier molecular flexibility index (Phi) is 29.0. The van der Waals surface area contributed by atoms with Gasteiger partial charge in [-0.2, -0.15) is 0 Å². The number of primary sulfonamides is 1. The number of methoxy groups -OCH3 is 2. The molecule has 4 aliphatic rings. The van der Waals surface area contributed by atoms with Crippen molar-refractivity contribution >= 4 is 81.0 Å². The number of fused-ring (bicyclic) bond motifs is 2. The lowest BCUT2D eigenvalue weighted by Gasteiger charge is -2.41. The number of likely N-dealkylation sites (N-methyl/N-ethyl adjacent to an activating group) is 1. The summed E-state index contributed by atoms with van der Waals surface area (Å²) < 4.78 is 42.4. The lowest BCUT2D eigenvalue weighted by Crippen LogP contribution is -2.60. The number of carbonyl (C=O) groups excluding carboxylic acids is 11. The summed E-state index contributed by atoms with van der Waals surface area (Å²) in [7, 11) is 0.620. The lowest BCUT2D eigenvalue weighted by atomic mass is 9.89. The number of nitrogens with zero attached hydrogens (tertiary/aromatic N) is 4. The van der Waals surface area contributed by atoms with Crippen molar-refractivity contribution in [2.45, 2.75) is 186 Å². The third-order valence-corrected chi connectivity index (χ3v) is 19.4. The fourth-order valence-electron chi connectivity index (χ4n) is 13.3. The first kappa shape index (κ1) is 76.0. The number of nitrogens with two attached hydrogens (primary N) is 2. The van der Waals surface area contributed by atoms with Gasteiger partial charge in [-0.3, -0.25) is 53.0 Å². The molecule has 2 bridgehead atoms. The number of likely N-dealkylation sites (tertiary alicyclic amines) is 2. The minimum absolute atomic E-state index is 0.0941. The standard InChI is InChI=1S/C66H98N12O16S/c1-9-41(4)58(51(92-7)36-56(83)76-33-17-21-50(76)60(93-8)42(5)61(84)72-47(39-95(68,90)91)34-43-18-12-10-13-19-43)75(6)64(87)57(40(2)3)74-63(86)59-45-25-28-48(35-45)78(59)66(89)94-38-44-23-26-46(27-24-44)71-62(85)49(20-16-31-69-65(67)88)73-53(80)37-70-52(79)22-14-11-15-32-77-54(81)29-30-55(77)82/h10,12-13,18-19,23-24,26-27,29-30,40-42,45,47-51,57-60H,9,11,14-17,20-22,25,28,31-39H2,1-8H3,(H,70,79)(H,71,85)(H,72,84)(H,73,80)(H,74,86)(H3,67,69,88)(H2,68,90,91)/t41-,42+,45-,47-,48+,49-,50-,51+,57-,58-,59-,60+/m0/s1. The number of primary amides is 1. The molecule has 0 spiro atoms. The Labute approximate surface area is 556 Å². The Morgan fingerprint density at radius 1 is 0.789 bits per heavy atom. The van der Waals surface area contributed by atoms with Gasteiger partial charge in [-0.05, 0) is 105 Å². The zero-order valence-corrected chi connectivity index (χ0v) is 56.7. The van der Waals surface area contributed by atoms with E-state index in [9.17, 15) is 61.2 Å².